The molecular weight excluding hydrogens is 284 g/mol. The number of furan rings is 1. The van der Waals surface area contributed by atoms with E-state index in [9.17, 15) is 0 Å². The highest BCUT2D eigenvalue weighted by molar-refractivity contribution is 6.31. The minimum Gasteiger partial charge on any atom is -0.459 e. The van der Waals surface area contributed by atoms with Crippen LogP contribution in [-0.2, 0) is 0 Å². The molecule has 108 valence electrons. The fourth-order valence-electron chi connectivity index (χ4n) is 2.51. The molecule has 0 amide bonds. The molecule has 0 aliphatic heterocycles. The molecule has 3 nitrogen and oxygen atoms in total. The van der Waals surface area contributed by atoms with E-state index in [0.29, 0.717) is 5.02 Å². The summed E-state index contributed by atoms with van der Waals surface area (Å²) in [7, 11) is 0. The first-order valence-corrected chi connectivity index (χ1v) is 7.39. The number of aryl methyl sites for hydroxylation is 1. The van der Waals surface area contributed by atoms with E-state index >= 15 is 0 Å². The summed E-state index contributed by atoms with van der Waals surface area (Å²) in [6.45, 7) is 4.96. The average molecular weight is 301 g/mol. The van der Waals surface area contributed by atoms with Crippen molar-refractivity contribution in [1.82, 2.24) is 10.3 Å². The van der Waals surface area contributed by atoms with E-state index in [0.717, 1.165) is 28.8 Å². The van der Waals surface area contributed by atoms with Crippen molar-refractivity contribution < 1.29 is 4.42 Å². The molecule has 0 bridgehead atoms. The molecule has 3 rings (SSSR count). The molecule has 4 heteroatoms. The molecular formula is C17H17ClN2O. The van der Waals surface area contributed by atoms with E-state index in [4.69, 9.17) is 16.0 Å². The Morgan fingerprint density at radius 1 is 1.29 bits per heavy atom. The van der Waals surface area contributed by atoms with Crippen LogP contribution in [0.15, 0.2) is 47.1 Å². The van der Waals surface area contributed by atoms with Crippen LogP contribution in [0.1, 0.15) is 29.9 Å². The van der Waals surface area contributed by atoms with Gasteiger partial charge in [0, 0.05) is 17.8 Å². The number of fused-ring (bicyclic) bond motifs is 1. The molecule has 0 fully saturated rings. The minimum atomic E-state index is -0.0711. The van der Waals surface area contributed by atoms with Gasteiger partial charge in [0.25, 0.3) is 0 Å². The Morgan fingerprint density at radius 2 is 2.14 bits per heavy atom. The molecule has 0 saturated heterocycles. The van der Waals surface area contributed by atoms with Crippen LogP contribution in [0.4, 0.5) is 0 Å². The zero-order valence-electron chi connectivity index (χ0n) is 12.1. The van der Waals surface area contributed by atoms with Crippen LogP contribution in [-0.4, -0.2) is 11.5 Å². The third kappa shape index (κ3) is 2.80. The van der Waals surface area contributed by atoms with Gasteiger partial charge < -0.3 is 9.73 Å². The molecule has 3 aromatic rings. The molecule has 1 atom stereocenters. The van der Waals surface area contributed by atoms with Gasteiger partial charge in [0.2, 0.25) is 0 Å². The summed E-state index contributed by atoms with van der Waals surface area (Å²) in [5.41, 5.74) is 3.09. The molecule has 0 spiro atoms. The number of nitrogens with zero attached hydrogens (tertiary/aromatic N) is 1. The van der Waals surface area contributed by atoms with Crippen LogP contribution in [0.5, 0.6) is 0 Å². The average Bonchev–Trinajstić information content (AvgIpc) is 2.88. The van der Waals surface area contributed by atoms with Gasteiger partial charge in [0.15, 0.2) is 0 Å². The highest BCUT2D eigenvalue weighted by Gasteiger charge is 2.20. The summed E-state index contributed by atoms with van der Waals surface area (Å²) in [5, 5.41) is 5.17. The monoisotopic (exact) mass is 300 g/mol. The molecule has 0 saturated carbocycles. The molecule has 1 aromatic carbocycles. The highest BCUT2D eigenvalue weighted by atomic mass is 35.5. The van der Waals surface area contributed by atoms with Crippen LogP contribution < -0.4 is 5.32 Å². The van der Waals surface area contributed by atoms with Gasteiger partial charge in [-0.1, -0.05) is 30.2 Å². The van der Waals surface area contributed by atoms with Gasteiger partial charge >= 0.3 is 0 Å². The van der Waals surface area contributed by atoms with Crippen LogP contribution in [0.3, 0.4) is 0 Å². The van der Waals surface area contributed by atoms with Crippen molar-refractivity contribution in [2.24, 2.45) is 0 Å². The quantitative estimate of drug-likeness (QED) is 0.771. The van der Waals surface area contributed by atoms with Gasteiger partial charge in [-0.3, -0.25) is 4.98 Å². The van der Waals surface area contributed by atoms with Crippen molar-refractivity contribution in [3.63, 3.8) is 0 Å². The first-order valence-electron chi connectivity index (χ1n) is 7.02. The zero-order valence-corrected chi connectivity index (χ0v) is 12.8. The Balaban J connectivity index is 2.09. The third-order valence-electron chi connectivity index (χ3n) is 3.50. The van der Waals surface area contributed by atoms with Gasteiger partial charge in [0.1, 0.15) is 11.3 Å². The lowest BCUT2D eigenvalue weighted by atomic mass is 10.1. The summed E-state index contributed by atoms with van der Waals surface area (Å²) >= 11 is 6.28. The van der Waals surface area contributed by atoms with Gasteiger partial charge in [-0.05, 0) is 43.3 Å². The van der Waals surface area contributed by atoms with Crippen LogP contribution in [0, 0.1) is 6.92 Å². The maximum atomic E-state index is 6.28. The number of aromatic nitrogens is 1. The van der Waals surface area contributed by atoms with E-state index < -0.39 is 0 Å². The first-order chi connectivity index (χ1) is 10.2. The molecule has 2 aromatic heterocycles. The van der Waals surface area contributed by atoms with Crippen molar-refractivity contribution >= 4 is 22.6 Å². The van der Waals surface area contributed by atoms with Gasteiger partial charge in [0.05, 0.1) is 11.1 Å². The molecule has 0 radical (unpaired) electrons. The van der Waals surface area contributed by atoms with E-state index in [2.05, 4.69) is 42.3 Å². The second-order valence-corrected chi connectivity index (χ2v) is 5.49. The number of rotatable bonds is 4. The molecule has 2 heterocycles. The fraction of sp³-hybridized carbons (Fsp3) is 0.235. The predicted octanol–water partition coefficient (Wildman–Crippen LogP) is 4.49. The smallest absolute Gasteiger partial charge is 0.134 e. The van der Waals surface area contributed by atoms with Gasteiger partial charge in [-0.2, -0.15) is 0 Å². The molecule has 21 heavy (non-hydrogen) atoms. The lowest BCUT2D eigenvalue weighted by Crippen LogP contribution is -2.21. The van der Waals surface area contributed by atoms with E-state index in [1.54, 1.807) is 12.4 Å². The van der Waals surface area contributed by atoms with E-state index in [1.165, 1.54) is 5.56 Å². The lowest BCUT2D eigenvalue weighted by molar-refractivity contribution is 0.477. The zero-order chi connectivity index (χ0) is 14.8. The first kappa shape index (κ1) is 14.1. The maximum absolute atomic E-state index is 6.28. The molecule has 0 aliphatic carbocycles. The summed E-state index contributed by atoms with van der Waals surface area (Å²) in [6, 6.07) is 10.1. The van der Waals surface area contributed by atoms with Crippen LogP contribution >= 0.6 is 11.6 Å². The Morgan fingerprint density at radius 3 is 2.90 bits per heavy atom. The Bertz CT molecular complexity index is 766. The molecule has 0 aliphatic rings. The topological polar surface area (TPSA) is 38.1 Å². The van der Waals surface area contributed by atoms with Crippen LogP contribution in [0.25, 0.3) is 11.0 Å². The van der Waals surface area contributed by atoms with Crippen LogP contribution in [0.2, 0.25) is 5.02 Å². The second kappa shape index (κ2) is 5.88. The SMILES string of the molecule is CCNC(c1cc2cc(C)ccc2o1)c1ccncc1Cl. The molecule has 1 N–H and O–H groups in total. The summed E-state index contributed by atoms with van der Waals surface area (Å²) in [4.78, 5) is 4.05. The summed E-state index contributed by atoms with van der Waals surface area (Å²) in [6.07, 6.45) is 3.41. The van der Waals surface area contributed by atoms with Gasteiger partial charge in [-0.25, -0.2) is 0 Å². The standard InChI is InChI=1S/C17H17ClN2O/c1-3-20-17(13-6-7-19-10-14(13)18)16-9-12-8-11(2)4-5-15(12)21-16/h4-10,17,20H,3H2,1-2H3. The Kier molecular flexibility index (Phi) is 3.95. The van der Waals surface area contributed by atoms with Crippen molar-refractivity contribution in [3.05, 3.63) is 64.6 Å². The van der Waals surface area contributed by atoms with E-state index in [-0.39, 0.29) is 6.04 Å². The lowest BCUT2D eigenvalue weighted by Gasteiger charge is -2.16. The van der Waals surface area contributed by atoms with E-state index in [1.807, 2.05) is 12.1 Å². The number of pyridine rings is 1. The van der Waals surface area contributed by atoms with Crippen molar-refractivity contribution in [1.29, 1.82) is 0 Å². The largest absolute Gasteiger partial charge is 0.459 e. The van der Waals surface area contributed by atoms with Crippen molar-refractivity contribution in [2.75, 3.05) is 6.54 Å². The Hall–Kier alpha value is -1.84. The highest BCUT2D eigenvalue weighted by Crippen LogP contribution is 2.31. The number of halogens is 1. The fourth-order valence-corrected chi connectivity index (χ4v) is 2.74. The normalized spacial score (nSPS) is 12.7. The van der Waals surface area contributed by atoms with Gasteiger partial charge in [-0.15, -0.1) is 0 Å². The third-order valence-corrected chi connectivity index (χ3v) is 3.81. The minimum absolute atomic E-state index is 0.0711. The number of benzene rings is 1. The number of nitrogens with one attached hydrogen (secondary N) is 1. The Labute approximate surface area is 128 Å². The number of hydrogen-bond acceptors (Lipinski definition) is 3. The van der Waals surface area contributed by atoms with Crippen molar-refractivity contribution in [3.8, 4) is 0 Å². The molecule has 1 unspecified atom stereocenters. The summed E-state index contributed by atoms with van der Waals surface area (Å²) < 4.78 is 6.01. The second-order valence-electron chi connectivity index (χ2n) is 5.08. The maximum Gasteiger partial charge on any atom is 0.134 e. The van der Waals surface area contributed by atoms with Crippen molar-refractivity contribution in [2.45, 2.75) is 19.9 Å². The predicted molar refractivity (Wildman–Crippen MR) is 85.7 cm³/mol. The summed E-state index contributed by atoms with van der Waals surface area (Å²) in [5.74, 6) is 0.866. The number of hydrogen-bond donors (Lipinski definition) is 1.